The van der Waals surface area contributed by atoms with Gasteiger partial charge in [-0.3, -0.25) is 4.79 Å². The van der Waals surface area contributed by atoms with Gasteiger partial charge >= 0.3 is 0 Å². The van der Waals surface area contributed by atoms with Crippen molar-refractivity contribution in [1.29, 1.82) is 0 Å². The summed E-state index contributed by atoms with van der Waals surface area (Å²) >= 11 is 0. The first-order valence-electron chi connectivity index (χ1n) is 5.84. The quantitative estimate of drug-likeness (QED) is 0.725. The summed E-state index contributed by atoms with van der Waals surface area (Å²) in [6.07, 6.45) is 4.65. The Kier molecular flexibility index (Phi) is 3.26. The third-order valence-corrected chi connectivity index (χ3v) is 3.43. The lowest BCUT2D eigenvalue weighted by Gasteiger charge is -2.38. The average molecular weight is 212 g/mol. The van der Waals surface area contributed by atoms with Gasteiger partial charge in [0.2, 0.25) is 5.91 Å². The van der Waals surface area contributed by atoms with Crippen LogP contribution in [0.15, 0.2) is 0 Å². The van der Waals surface area contributed by atoms with E-state index in [1.165, 1.54) is 6.42 Å². The molecule has 1 aliphatic heterocycles. The van der Waals surface area contributed by atoms with Crippen LogP contribution in [0.2, 0.25) is 0 Å². The zero-order valence-corrected chi connectivity index (χ0v) is 9.21. The molecule has 0 aromatic carbocycles. The predicted molar refractivity (Wildman–Crippen MR) is 57.4 cm³/mol. The second-order valence-corrected chi connectivity index (χ2v) is 4.74. The van der Waals surface area contributed by atoms with Gasteiger partial charge in [-0.15, -0.1) is 0 Å². The van der Waals surface area contributed by atoms with Gasteiger partial charge in [0.1, 0.15) is 0 Å². The van der Waals surface area contributed by atoms with Crippen LogP contribution < -0.4 is 5.73 Å². The zero-order valence-electron chi connectivity index (χ0n) is 9.21. The van der Waals surface area contributed by atoms with Crippen LogP contribution in [0.5, 0.6) is 0 Å². The molecule has 1 heterocycles. The molecule has 4 nitrogen and oxygen atoms in total. The SMILES string of the molecule is NC1(CC(=O)N2CCCOCC2)CCC1. The molecule has 15 heavy (non-hydrogen) atoms. The smallest absolute Gasteiger partial charge is 0.224 e. The lowest BCUT2D eigenvalue weighted by atomic mass is 9.75. The second kappa shape index (κ2) is 4.49. The summed E-state index contributed by atoms with van der Waals surface area (Å²) in [4.78, 5) is 13.9. The maximum atomic E-state index is 11.9. The van der Waals surface area contributed by atoms with Gasteiger partial charge in [0.15, 0.2) is 0 Å². The van der Waals surface area contributed by atoms with Crippen LogP contribution in [-0.4, -0.2) is 42.6 Å². The first-order chi connectivity index (χ1) is 7.20. The summed E-state index contributed by atoms with van der Waals surface area (Å²) in [5, 5.41) is 0. The highest BCUT2D eigenvalue weighted by Crippen LogP contribution is 2.32. The minimum atomic E-state index is -0.190. The third-order valence-electron chi connectivity index (χ3n) is 3.43. The van der Waals surface area contributed by atoms with E-state index in [2.05, 4.69) is 0 Å². The Bertz CT molecular complexity index is 231. The summed E-state index contributed by atoms with van der Waals surface area (Å²) < 4.78 is 5.32. The molecule has 1 saturated heterocycles. The van der Waals surface area contributed by atoms with Gasteiger partial charge in [0.25, 0.3) is 0 Å². The molecule has 0 aromatic rings. The van der Waals surface area contributed by atoms with Crippen molar-refractivity contribution in [2.75, 3.05) is 26.3 Å². The van der Waals surface area contributed by atoms with Crippen LogP contribution in [0.25, 0.3) is 0 Å². The van der Waals surface area contributed by atoms with Crippen molar-refractivity contribution in [3.05, 3.63) is 0 Å². The molecule has 86 valence electrons. The largest absolute Gasteiger partial charge is 0.380 e. The molecule has 0 radical (unpaired) electrons. The zero-order chi connectivity index (χ0) is 10.7. The lowest BCUT2D eigenvalue weighted by Crippen LogP contribution is -2.50. The number of nitrogens with two attached hydrogens (primary N) is 1. The summed E-state index contributed by atoms with van der Waals surface area (Å²) in [6, 6.07) is 0. The van der Waals surface area contributed by atoms with Crippen molar-refractivity contribution < 1.29 is 9.53 Å². The van der Waals surface area contributed by atoms with Crippen LogP contribution in [0, 0.1) is 0 Å². The molecule has 0 atom stereocenters. The van der Waals surface area contributed by atoms with Crippen molar-refractivity contribution in [3.8, 4) is 0 Å². The minimum Gasteiger partial charge on any atom is -0.380 e. The van der Waals surface area contributed by atoms with Crippen molar-refractivity contribution in [2.24, 2.45) is 5.73 Å². The molecule has 2 aliphatic rings. The first kappa shape index (κ1) is 10.9. The molecule has 2 N–H and O–H groups in total. The van der Waals surface area contributed by atoms with Crippen LogP contribution in [0.1, 0.15) is 32.1 Å². The molecule has 1 aliphatic carbocycles. The van der Waals surface area contributed by atoms with E-state index in [0.717, 1.165) is 39.0 Å². The van der Waals surface area contributed by atoms with E-state index >= 15 is 0 Å². The van der Waals surface area contributed by atoms with Gasteiger partial charge in [-0.05, 0) is 25.7 Å². The molecule has 0 bridgehead atoms. The molecular weight excluding hydrogens is 192 g/mol. The number of ether oxygens (including phenoxy) is 1. The summed E-state index contributed by atoms with van der Waals surface area (Å²) in [7, 11) is 0. The van der Waals surface area contributed by atoms with E-state index in [9.17, 15) is 4.79 Å². The highest BCUT2D eigenvalue weighted by atomic mass is 16.5. The average Bonchev–Trinajstić information content (AvgIpc) is 2.43. The Morgan fingerprint density at radius 3 is 2.73 bits per heavy atom. The normalized spacial score (nSPS) is 25.5. The number of rotatable bonds is 2. The fraction of sp³-hybridized carbons (Fsp3) is 0.909. The highest BCUT2D eigenvalue weighted by molar-refractivity contribution is 5.77. The maximum absolute atomic E-state index is 11.9. The van der Waals surface area contributed by atoms with E-state index in [1.54, 1.807) is 0 Å². The number of hydrogen-bond acceptors (Lipinski definition) is 3. The van der Waals surface area contributed by atoms with Gasteiger partial charge in [0.05, 0.1) is 6.61 Å². The fourth-order valence-electron chi connectivity index (χ4n) is 2.22. The summed E-state index contributed by atoms with van der Waals surface area (Å²) in [5.74, 6) is 0.211. The molecular formula is C11H20N2O2. The van der Waals surface area contributed by atoms with Crippen LogP contribution >= 0.6 is 0 Å². The standard InChI is InChI=1S/C11H20N2O2/c12-11(3-1-4-11)9-10(14)13-5-2-7-15-8-6-13/h1-9,12H2. The van der Waals surface area contributed by atoms with E-state index in [0.29, 0.717) is 13.0 Å². The van der Waals surface area contributed by atoms with Crippen molar-refractivity contribution in [2.45, 2.75) is 37.6 Å². The van der Waals surface area contributed by atoms with Crippen LogP contribution in [-0.2, 0) is 9.53 Å². The number of carbonyl (C=O) groups is 1. The van der Waals surface area contributed by atoms with Crippen molar-refractivity contribution in [3.63, 3.8) is 0 Å². The number of nitrogens with zero attached hydrogens (tertiary/aromatic N) is 1. The molecule has 0 spiro atoms. The van der Waals surface area contributed by atoms with Crippen molar-refractivity contribution in [1.82, 2.24) is 4.90 Å². The van der Waals surface area contributed by atoms with Gasteiger partial charge in [-0.1, -0.05) is 0 Å². The number of amides is 1. The topological polar surface area (TPSA) is 55.6 Å². The fourth-order valence-corrected chi connectivity index (χ4v) is 2.22. The molecule has 0 unspecified atom stereocenters. The van der Waals surface area contributed by atoms with Crippen molar-refractivity contribution >= 4 is 5.91 Å². The van der Waals surface area contributed by atoms with Gasteiger partial charge in [-0.25, -0.2) is 0 Å². The van der Waals surface area contributed by atoms with E-state index < -0.39 is 0 Å². The molecule has 2 fully saturated rings. The summed E-state index contributed by atoms with van der Waals surface area (Å²) in [6.45, 7) is 3.00. The maximum Gasteiger partial charge on any atom is 0.224 e. The molecule has 4 heteroatoms. The third kappa shape index (κ3) is 2.69. The van der Waals surface area contributed by atoms with Gasteiger partial charge in [0, 0.05) is 31.7 Å². The Morgan fingerprint density at radius 1 is 1.27 bits per heavy atom. The van der Waals surface area contributed by atoms with E-state index in [1.807, 2.05) is 4.90 Å². The molecule has 1 saturated carbocycles. The Labute approximate surface area is 90.8 Å². The van der Waals surface area contributed by atoms with Crippen LogP contribution in [0.3, 0.4) is 0 Å². The first-order valence-corrected chi connectivity index (χ1v) is 5.84. The lowest BCUT2D eigenvalue weighted by molar-refractivity contribution is -0.133. The Morgan fingerprint density at radius 2 is 2.07 bits per heavy atom. The monoisotopic (exact) mass is 212 g/mol. The van der Waals surface area contributed by atoms with Gasteiger partial charge in [-0.2, -0.15) is 0 Å². The second-order valence-electron chi connectivity index (χ2n) is 4.74. The molecule has 2 rings (SSSR count). The number of hydrogen-bond donors (Lipinski definition) is 1. The minimum absolute atomic E-state index is 0.190. The predicted octanol–water partition coefficient (Wildman–Crippen LogP) is 0.507. The van der Waals surface area contributed by atoms with Crippen LogP contribution in [0.4, 0.5) is 0 Å². The Hall–Kier alpha value is -0.610. The Balaban J connectivity index is 1.83. The molecule has 0 aromatic heterocycles. The number of carbonyl (C=O) groups excluding carboxylic acids is 1. The summed E-state index contributed by atoms with van der Waals surface area (Å²) in [5.41, 5.74) is 5.88. The highest BCUT2D eigenvalue weighted by Gasteiger charge is 2.35. The van der Waals surface area contributed by atoms with Gasteiger partial charge < -0.3 is 15.4 Å². The van der Waals surface area contributed by atoms with E-state index in [-0.39, 0.29) is 11.4 Å². The molecule has 1 amide bonds. The van der Waals surface area contributed by atoms with E-state index in [4.69, 9.17) is 10.5 Å².